The van der Waals surface area contributed by atoms with Gasteiger partial charge in [-0.1, -0.05) is 0 Å². The number of halogens is 1. The van der Waals surface area contributed by atoms with Gasteiger partial charge in [-0.25, -0.2) is 4.39 Å². The molecule has 0 spiro atoms. The summed E-state index contributed by atoms with van der Waals surface area (Å²) in [5.41, 5.74) is 4.62. The lowest BCUT2D eigenvalue weighted by molar-refractivity contribution is 0.527. The van der Waals surface area contributed by atoms with Gasteiger partial charge in [-0.15, -0.1) is 0 Å². The molecule has 3 rings (SSSR count). The fourth-order valence-electron chi connectivity index (χ4n) is 2.63. The molecule has 1 aliphatic rings. The highest BCUT2D eigenvalue weighted by Crippen LogP contribution is 2.30. The minimum absolute atomic E-state index is 0.199. The zero-order chi connectivity index (χ0) is 13.4. The molecule has 1 aromatic heterocycles. The average Bonchev–Trinajstić information content (AvgIpc) is 2.79. The molecule has 19 heavy (non-hydrogen) atoms. The molecule has 1 aromatic carbocycles. The quantitative estimate of drug-likeness (QED) is 0.898. The minimum atomic E-state index is -0.199. The number of rotatable bonds is 2. The molecule has 2 aromatic rings. The van der Waals surface area contributed by atoms with Crippen LogP contribution in [-0.4, -0.2) is 16.3 Å². The molecule has 4 heteroatoms. The van der Waals surface area contributed by atoms with Gasteiger partial charge >= 0.3 is 0 Å². The van der Waals surface area contributed by atoms with Crippen LogP contribution in [0.2, 0.25) is 0 Å². The number of nitrogens with one attached hydrogen (secondary N) is 1. The number of fused-ring (bicyclic) bond motifs is 1. The van der Waals surface area contributed by atoms with Gasteiger partial charge < -0.3 is 5.32 Å². The van der Waals surface area contributed by atoms with E-state index in [1.807, 2.05) is 12.1 Å². The van der Waals surface area contributed by atoms with Gasteiger partial charge in [0.2, 0.25) is 0 Å². The Hall–Kier alpha value is -1.68. The van der Waals surface area contributed by atoms with Crippen molar-refractivity contribution in [2.45, 2.75) is 32.9 Å². The molecule has 1 N–H and O–H groups in total. The first-order chi connectivity index (χ1) is 9.16. The van der Waals surface area contributed by atoms with Crippen LogP contribution in [-0.2, 0) is 13.0 Å². The highest BCUT2D eigenvalue weighted by atomic mass is 19.1. The van der Waals surface area contributed by atoms with E-state index < -0.39 is 0 Å². The van der Waals surface area contributed by atoms with Gasteiger partial charge in [0.1, 0.15) is 5.82 Å². The summed E-state index contributed by atoms with van der Waals surface area (Å²) >= 11 is 0. The Labute approximate surface area is 112 Å². The maximum atomic E-state index is 13.1. The van der Waals surface area contributed by atoms with Crippen molar-refractivity contribution in [2.24, 2.45) is 0 Å². The molecule has 0 unspecified atom stereocenters. The topological polar surface area (TPSA) is 29.9 Å². The van der Waals surface area contributed by atoms with E-state index in [2.05, 4.69) is 23.8 Å². The Balaban J connectivity index is 2.17. The summed E-state index contributed by atoms with van der Waals surface area (Å²) in [6.45, 7) is 6.05. The smallest absolute Gasteiger partial charge is 0.123 e. The molecule has 0 saturated carbocycles. The van der Waals surface area contributed by atoms with Crippen LogP contribution >= 0.6 is 0 Å². The predicted molar refractivity (Wildman–Crippen MR) is 73.4 cm³/mol. The van der Waals surface area contributed by atoms with Gasteiger partial charge in [-0.2, -0.15) is 5.10 Å². The second-order valence-electron chi connectivity index (χ2n) is 5.25. The fraction of sp³-hybridized carbons (Fsp3) is 0.400. The predicted octanol–water partition coefficient (Wildman–Crippen LogP) is 2.92. The summed E-state index contributed by atoms with van der Waals surface area (Å²) in [6.07, 6.45) is 0.981. The number of hydrogen-bond donors (Lipinski definition) is 1. The van der Waals surface area contributed by atoms with Crippen molar-refractivity contribution in [1.29, 1.82) is 0 Å². The Kier molecular flexibility index (Phi) is 3.11. The Bertz CT molecular complexity index is 584. The van der Waals surface area contributed by atoms with Gasteiger partial charge in [-0.05, 0) is 51.1 Å². The lowest BCUT2D eigenvalue weighted by Crippen LogP contribution is -2.23. The molecule has 100 valence electrons. The number of hydrogen-bond acceptors (Lipinski definition) is 2. The first kappa shape index (κ1) is 12.4. The van der Waals surface area contributed by atoms with Gasteiger partial charge in [0, 0.05) is 23.7 Å². The third-order valence-electron chi connectivity index (χ3n) is 3.54. The molecular weight excluding hydrogens is 241 g/mol. The normalized spacial score (nSPS) is 14.7. The maximum absolute atomic E-state index is 13.1. The van der Waals surface area contributed by atoms with E-state index >= 15 is 0 Å². The van der Waals surface area contributed by atoms with Crippen LogP contribution in [0, 0.1) is 5.82 Å². The summed E-state index contributed by atoms with van der Waals surface area (Å²) in [4.78, 5) is 0. The Morgan fingerprint density at radius 1 is 1.26 bits per heavy atom. The summed E-state index contributed by atoms with van der Waals surface area (Å²) in [5, 5.41) is 8.05. The standard InChI is InChI=1S/C15H18FN3/c1-10(2)19-15(11-3-5-12(16)6-4-11)13-7-8-17-9-14(13)18-19/h3-6,10,17H,7-9H2,1-2H3. The van der Waals surface area contributed by atoms with Crippen LogP contribution < -0.4 is 5.32 Å². The molecule has 0 bridgehead atoms. The van der Waals surface area contributed by atoms with Crippen LogP contribution in [0.5, 0.6) is 0 Å². The lowest BCUT2D eigenvalue weighted by Gasteiger charge is -2.14. The van der Waals surface area contributed by atoms with Gasteiger partial charge in [-0.3, -0.25) is 4.68 Å². The van der Waals surface area contributed by atoms with Gasteiger partial charge in [0.15, 0.2) is 0 Å². The van der Waals surface area contributed by atoms with E-state index in [1.54, 1.807) is 0 Å². The largest absolute Gasteiger partial charge is 0.311 e. The maximum Gasteiger partial charge on any atom is 0.123 e. The van der Waals surface area contributed by atoms with Crippen molar-refractivity contribution in [1.82, 2.24) is 15.1 Å². The third-order valence-corrected chi connectivity index (χ3v) is 3.54. The van der Waals surface area contributed by atoms with Gasteiger partial charge in [0.25, 0.3) is 0 Å². The van der Waals surface area contributed by atoms with Crippen LogP contribution in [0.4, 0.5) is 4.39 Å². The summed E-state index contributed by atoms with van der Waals surface area (Å²) in [6, 6.07) is 7.01. The van der Waals surface area contributed by atoms with Crippen molar-refractivity contribution in [3.05, 3.63) is 41.3 Å². The molecule has 0 atom stereocenters. The minimum Gasteiger partial charge on any atom is -0.311 e. The molecule has 1 aliphatic heterocycles. The van der Waals surface area contributed by atoms with Crippen molar-refractivity contribution in [2.75, 3.05) is 6.54 Å². The Morgan fingerprint density at radius 3 is 2.68 bits per heavy atom. The van der Waals surface area contributed by atoms with Crippen molar-refractivity contribution >= 4 is 0 Å². The first-order valence-electron chi connectivity index (χ1n) is 6.73. The van der Waals surface area contributed by atoms with Crippen LogP contribution in [0.25, 0.3) is 11.3 Å². The lowest BCUT2D eigenvalue weighted by atomic mass is 10.0. The van der Waals surface area contributed by atoms with Crippen molar-refractivity contribution in [3.63, 3.8) is 0 Å². The molecule has 0 radical (unpaired) electrons. The molecule has 0 amide bonds. The van der Waals surface area contributed by atoms with Gasteiger partial charge in [0.05, 0.1) is 11.4 Å². The second-order valence-corrected chi connectivity index (χ2v) is 5.25. The summed E-state index contributed by atoms with van der Waals surface area (Å²) in [7, 11) is 0. The molecule has 3 nitrogen and oxygen atoms in total. The highest BCUT2D eigenvalue weighted by molar-refractivity contribution is 5.65. The van der Waals surface area contributed by atoms with Crippen molar-refractivity contribution in [3.8, 4) is 11.3 Å². The summed E-state index contributed by atoms with van der Waals surface area (Å²) < 4.78 is 15.2. The fourth-order valence-corrected chi connectivity index (χ4v) is 2.63. The van der Waals surface area contributed by atoms with E-state index in [0.29, 0.717) is 6.04 Å². The monoisotopic (exact) mass is 259 g/mol. The third kappa shape index (κ3) is 2.16. The second kappa shape index (κ2) is 4.78. The van der Waals surface area contributed by atoms with Crippen LogP contribution in [0.3, 0.4) is 0 Å². The molecule has 0 saturated heterocycles. The van der Waals surface area contributed by atoms with E-state index in [0.717, 1.165) is 36.5 Å². The molecule has 2 heterocycles. The Morgan fingerprint density at radius 2 is 2.00 bits per heavy atom. The highest BCUT2D eigenvalue weighted by Gasteiger charge is 2.22. The van der Waals surface area contributed by atoms with E-state index in [4.69, 9.17) is 5.10 Å². The molecule has 0 aliphatic carbocycles. The zero-order valence-electron chi connectivity index (χ0n) is 11.3. The van der Waals surface area contributed by atoms with Crippen LogP contribution in [0.15, 0.2) is 24.3 Å². The van der Waals surface area contributed by atoms with E-state index in [9.17, 15) is 4.39 Å². The molecule has 0 fully saturated rings. The molecular formula is C15H18FN3. The average molecular weight is 259 g/mol. The van der Waals surface area contributed by atoms with Crippen molar-refractivity contribution < 1.29 is 4.39 Å². The number of aromatic nitrogens is 2. The van der Waals surface area contributed by atoms with Crippen LogP contribution in [0.1, 0.15) is 31.1 Å². The SMILES string of the molecule is CC(C)n1nc2c(c1-c1ccc(F)cc1)CCNC2. The zero-order valence-corrected chi connectivity index (χ0v) is 11.3. The van der Waals surface area contributed by atoms with E-state index in [1.165, 1.54) is 17.7 Å². The first-order valence-corrected chi connectivity index (χ1v) is 6.73. The number of nitrogens with zero attached hydrogens (tertiary/aromatic N) is 2. The van der Waals surface area contributed by atoms with E-state index in [-0.39, 0.29) is 5.82 Å². The summed E-state index contributed by atoms with van der Waals surface area (Å²) in [5.74, 6) is -0.199. The number of benzene rings is 1.